The van der Waals surface area contributed by atoms with Crippen molar-refractivity contribution in [1.29, 1.82) is 0 Å². The van der Waals surface area contributed by atoms with Gasteiger partial charge in [0.1, 0.15) is 12.2 Å². The van der Waals surface area contributed by atoms with Crippen LogP contribution in [-0.2, 0) is 16.2 Å². The molecule has 184 valence electrons. The van der Waals surface area contributed by atoms with Gasteiger partial charge in [-0.25, -0.2) is 9.69 Å². The fourth-order valence-corrected chi connectivity index (χ4v) is 4.84. The number of carbonyl (C=O) groups excluding carboxylic acids is 3. The Kier molecular flexibility index (Phi) is 7.79. The van der Waals surface area contributed by atoms with E-state index in [2.05, 4.69) is 43.8 Å². The number of aryl methyl sites for hydroxylation is 2. The Labute approximate surface area is 230 Å². The van der Waals surface area contributed by atoms with Gasteiger partial charge in [-0.05, 0) is 89.5 Å². The first-order chi connectivity index (χ1) is 17.2. The van der Waals surface area contributed by atoms with Gasteiger partial charge in [0, 0.05) is 4.47 Å². The third-order valence-corrected chi connectivity index (χ3v) is 6.88. The second-order valence-corrected chi connectivity index (χ2v) is 10.3. The largest absolute Gasteiger partial charge is 0.493 e. The number of hydrogen-bond donors (Lipinski definition) is 1. The number of ether oxygens (including phenoxy) is 2. The minimum atomic E-state index is -0.780. The number of nitrogens with one attached hydrogen (secondary N) is 1. The van der Waals surface area contributed by atoms with Crippen LogP contribution < -0.4 is 19.7 Å². The van der Waals surface area contributed by atoms with Crippen molar-refractivity contribution >= 4 is 68.1 Å². The van der Waals surface area contributed by atoms with E-state index in [1.165, 1.54) is 13.2 Å². The van der Waals surface area contributed by atoms with Gasteiger partial charge in [0.2, 0.25) is 0 Å². The van der Waals surface area contributed by atoms with Gasteiger partial charge in [0.15, 0.2) is 11.5 Å². The van der Waals surface area contributed by atoms with Crippen LogP contribution in [0.25, 0.3) is 6.08 Å². The quantitative estimate of drug-likeness (QED) is 0.202. The van der Waals surface area contributed by atoms with Gasteiger partial charge in [0.05, 0.1) is 16.4 Å². The first-order valence-corrected chi connectivity index (χ1v) is 12.8. The number of benzene rings is 3. The fraction of sp³-hybridized carbons (Fsp3) is 0.148. The van der Waals surface area contributed by atoms with E-state index in [9.17, 15) is 14.4 Å². The van der Waals surface area contributed by atoms with Crippen LogP contribution in [0, 0.1) is 17.4 Å². The van der Waals surface area contributed by atoms with E-state index in [1.54, 1.807) is 18.2 Å². The molecule has 0 atom stereocenters. The molecule has 0 aromatic heterocycles. The molecular formula is C27H22BrIN2O5. The first kappa shape index (κ1) is 25.9. The van der Waals surface area contributed by atoms with Crippen LogP contribution in [0.1, 0.15) is 22.3 Å². The van der Waals surface area contributed by atoms with Crippen LogP contribution in [0.15, 0.2) is 64.6 Å². The Morgan fingerprint density at radius 1 is 1.03 bits per heavy atom. The molecule has 3 aromatic carbocycles. The van der Waals surface area contributed by atoms with Gasteiger partial charge in [-0.3, -0.25) is 14.9 Å². The molecule has 1 aliphatic rings. The summed E-state index contributed by atoms with van der Waals surface area (Å²) < 4.78 is 13.3. The molecule has 0 bridgehead atoms. The van der Waals surface area contributed by atoms with Crippen LogP contribution in [0.4, 0.5) is 10.5 Å². The Bertz CT molecular complexity index is 1400. The summed E-state index contributed by atoms with van der Waals surface area (Å²) in [5.74, 6) is -0.442. The maximum atomic E-state index is 13.3. The van der Waals surface area contributed by atoms with Gasteiger partial charge in [-0.15, -0.1) is 0 Å². The Balaban J connectivity index is 1.65. The molecule has 0 aliphatic carbocycles. The third-order valence-electron chi connectivity index (χ3n) is 5.55. The van der Waals surface area contributed by atoms with Crippen molar-refractivity contribution < 1.29 is 23.9 Å². The highest BCUT2D eigenvalue weighted by Crippen LogP contribution is 2.36. The number of methoxy groups -OCH3 is 1. The monoisotopic (exact) mass is 660 g/mol. The van der Waals surface area contributed by atoms with Gasteiger partial charge >= 0.3 is 6.03 Å². The van der Waals surface area contributed by atoms with Crippen molar-refractivity contribution in [2.75, 3.05) is 12.0 Å². The number of anilines is 1. The zero-order valence-electron chi connectivity index (χ0n) is 19.7. The molecule has 1 fully saturated rings. The fourth-order valence-electron chi connectivity index (χ4n) is 3.80. The number of imide groups is 2. The Morgan fingerprint density at radius 2 is 1.75 bits per heavy atom. The zero-order chi connectivity index (χ0) is 26.0. The average Bonchev–Trinajstić information content (AvgIpc) is 2.83. The Hall–Kier alpha value is -3.18. The van der Waals surface area contributed by atoms with Crippen LogP contribution in [0.2, 0.25) is 0 Å². The summed E-state index contributed by atoms with van der Waals surface area (Å²) in [5, 5.41) is 2.27. The van der Waals surface area contributed by atoms with E-state index in [4.69, 9.17) is 9.47 Å². The maximum absolute atomic E-state index is 13.3. The molecule has 1 saturated heterocycles. The van der Waals surface area contributed by atoms with Crippen molar-refractivity contribution in [3.05, 3.63) is 90.5 Å². The second kappa shape index (κ2) is 10.8. The van der Waals surface area contributed by atoms with Crippen LogP contribution in [-0.4, -0.2) is 25.0 Å². The number of halogens is 2. The van der Waals surface area contributed by atoms with Gasteiger partial charge in [-0.1, -0.05) is 45.8 Å². The van der Waals surface area contributed by atoms with E-state index >= 15 is 0 Å². The first-order valence-electron chi connectivity index (χ1n) is 10.9. The van der Waals surface area contributed by atoms with Gasteiger partial charge in [0.25, 0.3) is 11.8 Å². The number of carbonyl (C=O) groups is 3. The topological polar surface area (TPSA) is 84.9 Å². The molecule has 7 nitrogen and oxygen atoms in total. The molecular weight excluding hydrogens is 639 g/mol. The van der Waals surface area contributed by atoms with Crippen molar-refractivity contribution in [2.45, 2.75) is 20.5 Å². The predicted octanol–water partition coefficient (Wildman–Crippen LogP) is 5.92. The molecule has 4 rings (SSSR count). The minimum absolute atomic E-state index is 0.157. The molecule has 9 heteroatoms. The molecule has 0 unspecified atom stereocenters. The highest BCUT2D eigenvalue weighted by molar-refractivity contribution is 14.1. The number of nitrogens with zero attached hydrogens (tertiary/aromatic N) is 1. The summed E-state index contributed by atoms with van der Waals surface area (Å²) in [6.07, 6.45) is 1.45. The van der Waals surface area contributed by atoms with E-state index in [1.807, 2.05) is 50.2 Å². The lowest BCUT2D eigenvalue weighted by Gasteiger charge is -2.27. The van der Waals surface area contributed by atoms with Crippen molar-refractivity contribution in [1.82, 2.24) is 5.32 Å². The van der Waals surface area contributed by atoms with Gasteiger partial charge in [-0.2, -0.15) is 0 Å². The number of hydrogen-bond acceptors (Lipinski definition) is 5. The van der Waals surface area contributed by atoms with Crippen LogP contribution in [0.3, 0.4) is 0 Å². The average molecular weight is 661 g/mol. The molecule has 4 amide bonds. The molecule has 1 heterocycles. The summed E-state index contributed by atoms with van der Waals surface area (Å²) in [7, 11) is 1.52. The lowest BCUT2D eigenvalue weighted by atomic mass is 10.0. The van der Waals surface area contributed by atoms with Crippen molar-refractivity contribution in [2.24, 2.45) is 0 Å². The van der Waals surface area contributed by atoms with Gasteiger partial charge < -0.3 is 9.47 Å². The molecule has 0 spiro atoms. The van der Waals surface area contributed by atoms with E-state index < -0.39 is 17.8 Å². The molecule has 0 saturated carbocycles. The summed E-state index contributed by atoms with van der Waals surface area (Å²) in [5.41, 5.74) is 3.55. The third kappa shape index (κ3) is 5.46. The molecule has 36 heavy (non-hydrogen) atoms. The number of rotatable bonds is 6. The second-order valence-electron chi connectivity index (χ2n) is 8.20. The molecule has 1 N–H and O–H groups in total. The van der Waals surface area contributed by atoms with E-state index in [0.717, 1.165) is 29.6 Å². The maximum Gasteiger partial charge on any atom is 0.335 e. The van der Waals surface area contributed by atoms with Crippen LogP contribution in [0.5, 0.6) is 11.5 Å². The summed E-state index contributed by atoms with van der Waals surface area (Å²) in [6.45, 7) is 4.07. The predicted molar refractivity (Wildman–Crippen MR) is 149 cm³/mol. The number of amides is 4. The van der Waals surface area contributed by atoms with Crippen LogP contribution >= 0.6 is 38.5 Å². The SMILES string of the molecule is COc1cc(/C=C2\C(=O)NC(=O)N(c3ccc(C)cc3C)C2=O)cc(I)c1OCc1ccc(Br)cc1. The molecule has 1 aliphatic heterocycles. The van der Waals surface area contributed by atoms with E-state index in [-0.39, 0.29) is 5.57 Å². The highest BCUT2D eigenvalue weighted by atomic mass is 127. The molecule has 3 aromatic rings. The van der Waals surface area contributed by atoms with Crippen molar-refractivity contribution in [3.8, 4) is 11.5 Å². The number of urea groups is 1. The Morgan fingerprint density at radius 3 is 2.42 bits per heavy atom. The number of barbiturate groups is 1. The minimum Gasteiger partial charge on any atom is -0.493 e. The lowest BCUT2D eigenvalue weighted by molar-refractivity contribution is -0.122. The summed E-state index contributed by atoms with van der Waals surface area (Å²) in [4.78, 5) is 39.5. The lowest BCUT2D eigenvalue weighted by Crippen LogP contribution is -2.54. The summed E-state index contributed by atoms with van der Waals surface area (Å²) >= 11 is 5.54. The normalized spacial score (nSPS) is 14.8. The smallest absolute Gasteiger partial charge is 0.335 e. The van der Waals surface area contributed by atoms with E-state index in [0.29, 0.717) is 29.4 Å². The standard InChI is InChI=1S/C27H22BrIN2O5/c1-15-4-9-22(16(2)10-15)31-26(33)20(25(32)30-27(31)34)11-18-12-21(29)24(23(13-18)35-3)36-14-17-5-7-19(28)8-6-17/h4-13H,14H2,1-3H3,(H,30,32,34)/b20-11+. The molecule has 0 radical (unpaired) electrons. The zero-order valence-corrected chi connectivity index (χ0v) is 23.5. The highest BCUT2D eigenvalue weighted by Gasteiger charge is 2.37. The summed E-state index contributed by atoms with van der Waals surface area (Å²) in [6, 6.07) is 15.9. The van der Waals surface area contributed by atoms with Crippen molar-refractivity contribution in [3.63, 3.8) is 0 Å².